The molecule has 6 nitrogen and oxygen atoms in total. The summed E-state index contributed by atoms with van der Waals surface area (Å²) in [5.41, 5.74) is 7.55. The number of anilines is 2. The number of nitrogens with two attached hydrogens (primary N) is 1. The Morgan fingerprint density at radius 1 is 0.913 bits per heavy atom. The number of nitrogens with one attached hydrogen (secondary N) is 2. The van der Waals surface area contributed by atoms with E-state index in [1.54, 1.807) is 30.5 Å². The first-order chi connectivity index (χ1) is 11.1. The van der Waals surface area contributed by atoms with E-state index in [0.29, 0.717) is 16.9 Å². The Balaban J connectivity index is 1.82. The predicted octanol–water partition coefficient (Wildman–Crippen LogP) is 2.98. The van der Waals surface area contributed by atoms with Gasteiger partial charge in [-0.15, -0.1) is 0 Å². The zero-order chi connectivity index (χ0) is 16.2. The third kappa shape index (κ3) is 3.26. The molecule has 1 heterocycles. The highest BCUT2D eigenvalue weighted by Crippen LogP contribution is 2.22. The Morgan fingerprint density at radius 3 is 2.43 bits per heavy atom. The lowest BCUT2D eigenvalue weighted by Crippen LogP contribution is -2.19. The first kappa shape index (κ1) is 14.5. The van der Waals surface area contributed by atoms with Gasteiger partial charge >= 0.3 is 6.03 Å². The van der Waals surface area contributed by atoms with Crippen LogP contribution in [-0.2, 0) is 0 Å². The summed E-state index contributed by atoms with van der Waals surface area (Å²) in [6.07, 6.45) is 1.71. The van der Waals surface area contributed by atoms with Crippen LogP contribution >= 0.6 is 0 Å². The smallest absolute Gasteiger partial charge is 0.316 e. The fraction of sp³-hybridized carbons (Fsp3) is 0. The van der Waals surface area contributed by atoms with E-state index in [0.717, 1.165) is 10.9 Å². The lowest BCUT2D eigenvalue weighted by Gasteiger charge is -2.09. The highest BCUT2D eigenvalue weighted by molar-refractivity contribution is 6.08. The Kier molecular flexibility index (Phi) is 3.88. The van der Waals surface area contributed by atoms with E-state index in [2.05, 4.69) is 15.6 Å². The number of urea groups is 1. The summed E-state index contributed by atoms with van der Waals surface area (Å²) in [5, 5.41) is 6.18. The number of carbonyl (C=O) groups is 2. The van der Waals surface area contributed by atoms with Crippen molar-refractivity contribution >= 4 is 34.2 Å². The second-order valence-corrected chi connectivity index (χ2v) is 4.90. The molecule has 0 saturated carbocycles. The van der Waals surface area contributed by atoms with Crippen molar-refractivity contribution in [2.24, 2.45) is 5.73 Å². The van der Waals surface area contributed by atoms with Gasteiger partial charge in [-0.3, -0.25) is 9.78 Å². The van der Waals surface area contributed by atoms with Crippen molar-refractivity contribution in [2.45, 2.75) is 0 Å². The molecule has 3 rings (SSSR count). The second kappa shape index (κ2) is 6.15. The highest BCUT2D eigenvalue weighted by Gasteiger charge is 2.09. The van der Waals surface area contributed by atoms with Crippen LogP contribution in [0.4, 0.5) is 16.2 Å². The lowest BCUT2D eigenvalue weighted by molar-refractivity contribution is 0.102. The van der Waals surface area contributed by atoms with Crippen molar-refractivity contribution < 1.29 is 9.59 Å². The van der Waals surface area contributed by atoms with Crippen molar-refractivity contribution in [2.75, 3.05) is 10.6 Å². The first-order valence-corrected chi connectivity index (χ1v) is 6.95. The molecule has 0 fully saturated rings. The fourth-order valence-electron chi connectivity index (χ4n) is 2.25. The van der Waals surface area contributed by atoms with Crippen LogP contribution in [0.3, 0.4) is 0 Å². The zero-order valence-electron chi connectivity index (χ0n) is 12.1. The molecule has 0 aliphatic rings. The van der Waals surface area contributed by atoms with Crippen LogP contribution in [0, 0.1) is 0 Å². The average molecular weight is 306 g/mol. The quantitative estimate of drug-likeness (QED) is 0.694. The summed E-state index contributed by atoms with van der Waals surface area (Å²) in [6, 6.07) is 15.1. The lowest BCUT2D eigenvalue weighted by atomic mass is 10.1. The summed E-state index contributed by atoms with van der Waals surface area (Å²) < 4.78 is 0. The molecular weight excluding hydrogens is 292 g/mol. The Morgan fingerprint density at radius 2 is 1.70 bits per heavy atom. The number of nitrogens with zero attached hydrogens (tertiary/aromatic N) is 1. The molecule has 0 saturated heterocycles. The molecule has 0 atom stereocenters. The van der Waals surface area contributed by atoms with E-state index in [1.165, 1.54) is 0 Å². The number of primary amides is 1. The van der Waals surface area contributed by atoms with E-state index < -0.39 is 6.03 Å². The topological polar surface area (TPSA) is 97.1 Å². The molecular formula is C17H14N4O2. The summed E-state index contributed by atoms with van der Waals surface area (Å²) in [5.74, 6) is -0.244. The number of benzene rings is 2. The SMILES string of the molecule is NC(=O)Nc1ccc(C(=O)Nc2cccc3ncccc23)cc1. The van der Waals surface area contributed by atoms with Crippen LogP contribution in [0.15, 0.2) is 60.8 Å². The van der Waals surface area contributed by atoms with Gasteiger partial charge in [-0.25, -0.2) is 4.79 Å². The Hall–Kier alpha value is -3.41. The molecule has 0 unspecified atom stereocenters. The number of pyridine rings is 1. The average Bonchev–Trinajstić information content (AvgIpc) is 2.55. The molecule has 0 bridgehead atoms. The van der Waals surface area contributed by atoms with Gasteiger partial charge < -0.3 is 16.4 Å². The maximum absolute atomic E-state index is 12.3. The largest absolute Gasteiger partial charge is 0.351 e. The molecule has 0 aliphatic heterocycles. The van der Waals surface area contributed by atoms with Gasteiger partial charge in [-0.2, -0.15) is 0 Å². The van der Waals surface area contributed by atoms with Gasteiger partial charge in [0.25, 0.3) is 5.91 Å². The molecule has 6 heteroatoms. The second-order valence-electron chi connectivity index (χ2n) is 4.90. The van der Waals surface area contributed by atoms with Crippen LogP contribution in [-0.4, -0.2) is 16.9 Å². The monoisotopic (exact) mass is 306 g/mol. The molecule has 2 aromatic carbocycles. The number of fused-ring (bicyclic) bond motifs is 1. The number of rotatable bonds is 3. The van der Waals surface area contributed by atoms with E-state index in [4.69, 9.17) is 5.73 Å². The standard InChI is InChI=1S/C17H14N4O2/c18-17(23)20-12-8-6-11(7-9-12)16(22)21-15-5-1-4-14-13(15)3-2-10-19-14/h1-10H,(H,21,22)(H3,18,20,23). The Labute approximate surface area is 132 Å². The van der Waals surface area contributed by atoms with Crippen LogP contribution in [0.1, 0.15) is 10.4 Å². The van der Waals surface area contributed by atoms with E-state index >= 15 is 0 Å². The molecule has 23 heavy (non-hydrogen) atoms. The molecule has 114 valence electrons. The maximum atomic E-state index is 12.3. The zero-order valence-corrected chi connectivity index (χ0v) is 12.1. The van der Waals surface area contributed by atoms with Gasteiger partial charge in [0, 0.05) is 22.8 Å². The van der Waals surface area contributed by atoms with Crippen LogP contribution in [0.25, 0.3) is 10.9 Å². The van der Waals surface area contributed by atoms with E-state index in [9.17, 15) is 9.59 Å². The number of hydrogen-bond acceptors (Lipinski definition) is 3. The van der Waals surface area contributed by atoms with Crippen LogP contribution in [0.2, 0.25) is 0 Å². The minimum Gasteiger partial charge on any atom is -0.351 e. The first-order valence-electron chi connectivity index (χ1n) is 6.95. The van der Waals surface area contributed by atoms with Gasteiger partial charge in [-0.05, 0) is 48.5 Å². The van der Waals surface area contributed by atoms with Gasteiger partial charge in [0.2, 0.25) is 0 Å². The number of amides is 3. The van der Waals surface area contributed by atoms with E-state index in [-0.39, 0.29) is 5.91 Å². The van der Waals surface area contributed by atoms with Crippen molar-refractivity contribution in [1.82, 2.24) is 4.98 Å². The highest BCUT2D eigenvalue weighted by atomic mass is 16.2. The van der Waals surface area contributed by atoms with Gasteiger partial charge in [0.15, 0.2) is 0 Å². The van der Waals surface area contributed by atoms with Gasteiger partial charge in [0.05, 0.1) is 11.2 Å². The third-order valence-corrected chi connectivity index (χ3v) is 3.31. The molecule has 3 amide bonds. The molecule has 0 aliphatic carbocycles. The van der Waals surface area contributed by atoms with E-state index in [1.807, 2.05) is 30.3 Å². The van der Waals surface area contributed by atoms with Gasteiger partial charge in [0.1, 0.15) is 0 Å². The summed E-state index contributed by atoms with van der Waals surface area (Å²) in [6.45, 7) is 0. The van der Waals surface area contributed by atoms with Crippen molar-refractivity contribution in [3.05, 3.63) is 66.4 Å². The Bertz CT molecular complexity index is 870. The minimum absolute atomic E-state index is 0.244. The summed E-state index contributed by atoms with van der Waals surface area (Å²) in [4.78, 5) is 27.4. The summed E-state index contributed by atoms with van der Waals surface area (Å²) in [7, 11) is 0. The third-order valence-electron chi connectivity index (χ3n) is 3.31. The summed E-state index contributed by atoms with van der Waals surface area (Å²) >= 11 is 0. The number of aromatic nitrogens is 1. The predicted molar refractivity (Wildman–Crippen MR) is 89.3 cm³/mol. The van der Waals surface area contributed by atoms with Crippen LogP contribution in [0.5, 0.6) is 0 Å². The fourth-order valence-corrected chi connectivity index (χ4v) is 2.25. The molecule has 3 aromatic rings. The normalized spacial score (nSPS) is 10.3. The minimum atomic E-state index is -0.648. The maximum Gasteiger partial charge on any atom is 0.316 e. The molecule has 1 aromatic heterocycles. The number of hydrogen-bond donors (Lipinski definition) is 3. The number of carbonyl (C=O) groups excluding carboxylic acids is 2. The van der Waals surface area contributed by atoms with Crippen molar-refractivity contribution in [3.63, 3.8) is 0 Å². The molecule has 4 N–H and O–H groups in total. The van der Waals surface area contributed by atoms with Crippen LogP contribution < -0.4 is 16.4 Å². The molecule has 0 radical (unpaired) electrons. The van der Waals surface area contributed by atoms with Crippen molar-refractivity contribution in [3.8, 4) is 0 Å². The van der Waals surface area contributed by atoms with Crippen molar-refractivity contribution in [1.29, 1.82) is 0 Å². The molecule has 0 spiro atoms. The van der Waals surface area contributed by atoms with Gasteiger partial charge in [-0.1, -0.05) is 6.07 Å².